The van der Waals surface area contributed by atoms with E-state index in [9.17, 15) is 4.79 Å². The van der Waals surface area contributed by atoms with Gasteiger partial charge >= 0.3 is 5.97 Å². The lowest BCUT2D eigenvalue weighted by Crippen LogP contribution is -2.23. The van der Waals surface area contributed by atoms with Gasteiger partial charge < -0.3 is 19.9 Å². The molecule has 1 atom stereocenters. The van der Waals surface area contributed by atoms with Gasteiger partial charge in [-0.25, -0.2) is 9.79 Å². The maximum absolute atomic E-state index is 12.0. The Morgan fingerprint density at radius 1 is 1.15 bits per heavy atom. The number of esters is 1. The molecule has 0 heterocycles. The second kappa shape index (κ2) is 10.3. The monoisotopic (exact) mass is 370 g/mol. The second-order valence-corrected chi connectivity index (χ2v) is 5.89. The Morgan fingerprint density at radius 3 is 2.52 bits per heavy atom. The first-order valence-corrected chi connectivity index (χ1v) is 8.83. The number of hydrogen-bond donors (Lipinski definition) is 1. The Balaban J connectivity index is 2.40. The zero-order valence-electron chi connectivity index (χ0n) is 16.0. The minimum absolute atomic E-state index is 0.109. The average Bonchev–Trinajstić information content (AvgIpc) is 2.69. The molecule has 0 saturated carbocycles. The number of hydrogen-bond acceptors (Lipinski definition) is 5. The van der Waals surface area contributed by atoms with E-state index in [0.29, 0.717) is 42.5 Å². The SMILES string of the molecule is CCOC(=O)c1ccc(OC)c(N=C(N)C(CCOC)c2ccccc2)c1. The molecule has 0 radical (unpaired) electrons. The van der Waals surface area contributed by atoms with Crippen LogP contribution in [0.3, 0.4) is 0 Å². The molecule has 0 fully saturated rings. The van der Waals surface area contributed by atoms with Crippen molar-refractivity contribution in [1.29, 1.82) is 0 Å². The van der Waals surface area contributed by atoms with Crippen molar-refractivity contribution in [2.75, 3.05) is 27.4 Å². The van der Waals surface area contributed by atoms with E-state index in [0.717, 1.165) is 5.56 Å². The maximum atomic E-state index is 12.0. The summed E-state index contributed by atoms with van der Waals surface area (Å²) in [6.45, 7) is 2.62. The number of amidine groups is 1. The predicted molar refractivity (Wildman–Crippen MR) is 106 cm³/mol. The molecule has 1 unspecified atom stereocenters. The van der Waals surface area contributed by atoms with Gasteiger partial charge in [-0.1, -0.05) is 30.3 Å². The minimum atomic E-state index is -0.408. The molecule has 144 valence electrons. The number of nitrogens with two attached hydrogens (primary N) is 1. The van der Waals surface area contributed by atoms with Crippen LogP contribution in [0, 0.1) is 0 Å². The summed E-state index contributed by atoms with van der Waals surface area (Å²) in [4.78, 5) is 16.6. The fraction of sp³-hybridized carbons (Fsp3) is 0.333. The van der Waals surface area contributed by atoms with E-state index in [1.54, 1.807) is 39.3 Å². The first-order valence-electron chi connectivity index (χ1n) is 8.83. The van der Waals surface area contributed by atoms with Gasteiger partial charge in [0.05, 0.1) is 19.3 Å². The molecular weight excluding hydrogens is 344 g/mol. The third-order valence-corrected chi connectivity index (χ3v) is 4.11. The Morgan fingerprint density at radius 2 is 1.89 bits per heavy atom. The molecule has 27 heavy (non-hydrogen) atoms. The third kappa shape index (κ3) is 5.56. The van der Waals surface area contributed by atoms with Crippen molar-refractivity contribution in [3.05, 3.63) is 59.7 Å². The number of aliphatic imine (C=N–C) groups is 1. The van der Waals surface area contributed by atoms with E-state index in [1.807, 2.05) is 30.3 Å². The maximum Gasteiger partial charge on any atom is 0.338 e. The highest BCUT2D eigenvalue weighted by Gasteiger charge is 2.17. The standard InChI is InChI=1S/C21H26N2O4/c1-4-27-21(24)16-10-11-19(26-3)18(14-16)23-20(22)17(12-13-25-2)15-8-6-5-7-9-15/h5-11,14,17H,4,12-13H2,1-3H3,(H2,22,23). The average molecular weight is 370 g/mol. The van der Waals surface area contributed by atoms with Crippen LogP contribution in [0.5, 0.6) is 5.75 Å². The third-order valence-electron chi connectivity index (χ3n) is 4.11. The molecule has 2 N–H and O–H groups in total. The quantitative estimate of drug-likeness (QED) is 0.414. The number of benzene rings is 2. The van der Waals surface area contributed by atoms with Crippen molar-refractivity contribution in [3.8, 4) is 5.75 Å². The summed E-state index contributed by atoms with van der Waals surface area (Å²) >= 11 is 0. The molecular formula is C21H26N2O4. The van der Waals surface area contributed by atoms with E-state index >= 15 is 0 Å². The van der Waals surface area contributed by atoms with Crippen LogP contribution in [0.2, 0.25) is 0 Å². The second-order valence-electron chi connectivity index (χ2n) is 5.89. The summed E-state index contributed by atoms with van der Waals surface area (Å²) in [6, 6.07) is 14.9. The van der Waals surface area contributed by atoms with E-state index < -0.39 is 5.97 Å². The summed E-state index contributed by atoms with van der Waals surface area (Å²) in [5.41, 5.74) is 8.29. The number of carbonyl (C=O) groups is 1. The van der Waals surface area contributed by atoms with Gasteiger partial charge in [0.15, 0.2) is 0 Å². The number of carbonyl (C=O) groups excluding carboxylic acids is 1. The first kappa shape index (κ1) is 20.5. The molecule has 0 spiro atoms. The summed E-state index contributed by atoms with van der Waals surface area (Å²) in [5.74, 6) is 0.443. The highest BCUT2D eigenvalue weighted by molar-refractivity contribution is 5.93. The van der Waals surface area contributed by atoms with Gasteiger partial charge in [-0.2, -0.15) is 0 Å². The number of ether oxygens (including phenoxy) is 3. The first-order chi connectivity index (χ1) is 13.1. The highest BCUT2D eigenvalue weighted by atomic mass is 16.5. The summed E-state index contributed by atoms with van der Waals surface area (Å²) < 4.78 is 15.6. The molecule has 0 bridgehead atoms. The number of nitrogens with zero attached hydrogens (tertiary/aromatic N) is 1. The lowest BCUT2D eigenvalue weighted by molar-refractivity contribution is 0.0526. The van der Waals surface area contributed by atoms with Gasteiger partial charge in [0.1, 0.15) is 17.3 Å². The zero-order valence-corrected chi connectivity index (χ0v) is 16.0. The van der Waals surface area contributed by atoms with Crippen molar-refractivity contribution in [2.24, 2.45) is 10.7 Å². The van der Waals surface area contributed by atoms with Crippen LogP contribution in [-0.4, -0.2) is 39.2 Å². The highest BCUT2D eigenvalue weighted by Crippen LogP contribution is 2.31. The van der Waals surface area contributed by atoms with Gasteiger partial charge in [-0.05, 0) is 37.1 Å². The van der Waals surface area contributed by atoms with Crippen LogP contribution in [0.25, 0.3) is 0 Å². The summed E-state index contributed by atoms with van der Waals surface area (Å²) in [7, 11) is 3.20. The summed E-state index contributed by atoms with van der Waals surface area (Å²) in [6.07, 6.45) is 0.690. The van der Waals surface area contributed by atoms with Crippen LogP contribution in [0.4, 0.5) is 5.69 Å². The molecule has 0 aliphatic carbocycles. The Bertz CT molecular complexity index is 775. The van der Waals surface area contributed by atoms with Crippen LogP contribution >= 0.6 is 0 Å². The van der Waals surface area contributed by atoms with Crippen molar-refractivity contribution >= 4 is 17.5 Å². The van der Waals surface area contributed by atoms with Gasteiger partial charge in [-0.15, -0.1) is 0 Å². The normalized spacial score (nSPS) is 12.5. The fourth-order valence-electron chi connectivity index (χ4n) is 2.74. The lowest BCUT2D eigenvalue weighted by atomic mass is 9.95. The van der Waals surface area contributed by atoms with Crippen LogP contribution in [0.1, 0.15) is 35.2 Å². The largest absolute Gasteiger partial charge is 0.494 e. The van der Waals surface area contributed by atoms with Crippen LogP contribution in [-0.2, 0) is 9.47 Å². The molecule has 2 rings (SSSR count). The molecule has 0 aliphatic heterocycles. The molecule has 0 amide bonds. The minimum Gasteiger partial charge on any atom is -0.494 e. The molecule has 0 saturated heterocycles. The number of methoxy groups -OCH3 is 2. The molecule has 6 heteroatoms. The Labute approximate surface area is 160 Å². The van der Waals surface area contributed by atoms with Gasteiger partial charge in [0.2, 0.25) is 0 Å². The molecule has 0 aromatic heterocycles. The predicted octanol–water partition coefficient (Wildman–Crippen LogP) is 3.68. The van der Waals surface area contributed by atoms with Crippen LogP contribution < -0.4 is 10.5 Å². The summed E-state index contributed by atoms with van der Waals surface area (Å²) in [5, 5.41) is 0. The van der Waals surface area contributed by atoms with Crippen molar-refractivity contribution < 1.29 is 19.0 Å². The van der Waals surface area contributed by atoms with E-state index in [1.165, 1.54) is 0 Å². The van der Waals surface area contributed by atoms with Crippen molar-refractivity contribution in [1.82, 2.24) is 0 Å². The Kier molecular flexibility index (Phi) is 7.82. The molecule has 6 nitrogen and oxygen atoms in total. The van der Waals surface area contributed by atoms with Gasteiger partial charge in [0.25, 0.3) is 0 Å². The van der Waals surface area contributed by atoms with E-state index in [4.69, 9.17) is 19.9 Å². The topological polar surface area (TPSA) is 83.1 Å². The molecule has 2 aromatic carbocycles. The van der Waals surface area contributed by atoms with E-state index in [2.05, 4.69) is 4.99 Å². The lowest BCUT2D eigenvalue weighted by Gasteiger charge is -2.17. The zero-order chi connectivity index (χ0) is 19.6. The molecule has 0 aliphatic rings. The van der Waals surface area contributed by atoms with Crippen LogP contribution in [0.15, 0.2) is 53.5 Å². The fourth-order valence-corrected chi connectivity index (χ4v) is 2.74. The Hall–Kier alpha value is -2.86. The molecule has 2 aromatic rings. The van der Waals surface area contributed by atoms with E-state index in [-0.39, 0.29) is 5.92 Å². The van der Waals surface area contributed by atoms with Crippen molar-refractivity contribution in [2.45, 2.75) is 19.3 Å². The van der Waals surface area contributed by atoms with Gasteiger partial charge in [0, 0.05) is 19.6 Å². The van der Waals surface area contributed by atoms with Gasteiger partial charge in [-0.3, -0.25) is 0 Å². The smallest absolute Gasteiger partial charge is 0.338 e. The number of rotatable bonds is 9. The van der Waals surface area contributed by atoms with Crippen molar-refractivity contribution in [3.63, 3.8) is 0 Å².